The molecule has 1 aromatic heterocycles. The maximum atomic E-state index is 12.2. The molecule has 1 unspecified atom stereocenters. The standard InChI is InChI=1S/C17H21N3O2/c1-11-10-16(20-22-11)19-17(21)12(2)18-15-9-5-7-13-6-3-4-8-14(13)15/h5,7,9-10,12,18H,3-4,6,8H2,1-2H3,(H,19,20,21). The summed E-state index contributed by atoms with van der Waals surface area (Å²) in [4.78, 5) is 12.2. The predicted molar refractivity (Wildman–Crippen MR) is 86.0 cm³/mol. The molecule has 1 aliphatic carbocycles. The van der Waals surface area contributed by atoms with Crippen molar-refractivity contribution in [2.24, 2.45) is 0 Å². The highest BCUT2D eigenvalue weighted by atomic mass is 16.5. The van der Waals surface area contributed by atoms with Crippen LogP contribution in [0.5, 0.6) is 0 Å². The molecular formula is C17H21N3O2. The minimum absolute atomic E-state index is 0.123. The van der Waals surface area contributed by atoms with Gasteiger partial charge in [-0.3, -0.25) is 4.79 Å². The van der Waals surface area contributed by atoms with Crippen molar-refractivity contribution in [2.45, 2.75) is 45.6 Å². The van der Waals surface area contributed by atoms with E-state index in [9.17, 15) is 4.79 Å². The molecule has 1 heterocycles. The number of anilines is 2. The second-order valence-electron chi connectivity index (χ2n) is 5.83. The molecular weight excluding hydrogens is 278 g/mol. The molecule has 1 aromatic carbocycles. The molecule has 0 bridgehead atoms. The second kappa shape index (κ2) is 6.22. The van der Waals surface area contributed by atoms with E-state index in [4.69, 9.17) is 4.52 Å². The molecule has 116 valence electrons. The summed E-state index contributed by atoms with van der Waals surface area (Å²) in [6.07, 6.45) is 4.67. The summed E-state index contributed by atoms with van der Waals surface area (Å²) in [5.41, 5.74) is 3.82. The zero-order chi connectivity index (χ0) is 15.5. The number of carbonyl (C=O) groups is 1. The summed E-state index contributed by atoms with van der Waals surface area (Å²) >= 11 is 0. The van der Waals surface area contributed by atoms with Crippen LogP contribution in [-0.2, 0) is 17.6 Å². The van der Waals surface area contributed by atoms with Crippen LogP contribution in [0, 0.1) is 6.92 Å². The average molecular weight is 299 g/mol. The molecule has 0 saturated carbocycles. The van der Waals surface area contributed by atoms with Gasteiger partial charge in [-0.2, -0.15) is 0 Å². The molecule has 0 saturated heterocycles. The van der Waals surface area contributed by atoms with Crippen molar-refractivity contribution < 1.29 is 9.32 Å². The Kier molecular flexibility index (Phi) is 4.13. The Morgan fingerprint density at radius 3 is 2.91 bits per heavy atom. The topological polar surface area (TPSA) is 67.2 Å². The Labute approximate surface area is 130 Å². The maximum Gasteiger partial charge on any atom is 0.247 e. The number of aromatic nitrogens is 1. The van der Waals surface area contributed by atoms with E-state index >= 15 is 0 Å². The molecule has 1 aliphatic rings. The Morgan fingerprint density at radius 2 is 2.14 bits per heavy atom. The summed E-state index contributed by atoms with van der Waals surface area (Å²) in [6, 6.07) is 7.65. The first-order valence-electron chi connectivity index (χ1n) is 7.75. The minimum atomic E-state index is -0.342. The second-order valence-corrected chi connectivity index (χ2v) is 5.83. The SMILES string of the molecule is Cc1cc(NC(=O)C(C)Nc2cccc3c2CCCC3)no1. The van der Waals surface area contributed by atoms with Crippen LogP contribution in [0.4, 0.5) is 11.5 Å². The van der Waals surface area contributed by atoms with Crippen molar-refractivity contribution in [1.29, 1.82) is 0 Å². The van der Waals surface area contributed by atoms with Gasteiger partial charge in [0.15, 0.2) is 5.82 Å². The Hall–Kier alpha value is -2.30. The fraction of sp³-hybridized carbons (Fsp3) is 0.412. The number of nitrogens with one attached hydrogen (secondary N) is 2. The normalized spacial score (nSPS) is 15.0. The molecule has 1 atom stereocenters. The average Bonchev–Trinajstić information content (AvgIpc) is 2.92. The Bertz CT molecular complexity index is 678. The lowest BCUT2D eigenvalue weighted by Crippen LogP contribution is -2.32. The monoisotopic (exact) mass is 299 g/mol. The summed E-state index contributed by atoms with van der Waals surface area (Å²) in [5.74, 6) is 1.00. The number of aryl methyl sites for hydroxylation is 2. The number of fused-ring (bicyclic) bond motifs is 1. The van der Waals surface area contributed by atoms with Crippen LogP contribution in [0.25, 0.3) is 0 Å². The predicted octanol–water partition coefficient (Wildman–Crippen LogP) is 3.30. The van der Waals surface area contributed by atoms with Crippen LogP contribution in [0.15, 0.2) is 28.8 Å². The van der Waals surface area contributed by atoms with E-state index in [1.54, 1.807) is 13.0 Å². The number of hydrogen-bond donors (Lipinski definition) is 2. The highest BCUT2D eigenvalue weighted by Gasteiger charge is 2.18. The summed E-state index contributed by atoms with van der Waals surface area (Å²) in [5, 5.41) is 9.86. The van der Waals surface area contributed by atoms with E-state index in [1.807, 2.05) is 13.0 Å². The third kappa shape index (κ3) is 3.13. The number of benzene rings is 1. The molecule has 3 rings (SSSR count). The van der Waals surface area contributed by atoms with Crippen LogP contribution in [-0.4, -0.2) is 17.1 Å². The van der Waals surface area contributed by atoms with E-state index in [-0.39, 0.29) is 11.9 Å². The van der Waals surface area contributed by atoms with E-state index in [0.29, 0.717) is 11.6 Å². The minimum Gasteiger partial charge on any atom is -0.374 e. The van der Waals surface area contributed by atoms with Crippen molar-refractivity contribution in [3.05, 3.63) is 41.2 Å². The lowest BCUT2D eigenvalue weighted by atomic mass is 9.90. The number of nitrogens with zero attached hydrogens (tertiary/aromatic N) is 1. The van der Waals surface area contributed by atoms with Crippen LogP contribution >= 0.6 is 0 Å². The number of carbonyl (C=O) groups excluding carboxylic acids is 1. The van der Waals surface area contributed by atoms with Gasteiger partial charge in [-0.05, 0) is 56.7 Å². The molecule has 0 spiro atoms. The quantitative estimate of drug-likeness (QED) is 0.909. The molecule has 0 fully saturated rings. The molecule has 0 aliphatic heterocycles. The summed E-state index contributed by atoms with van der Waals surface area (Å²) in [6.45, 7) is 3.64. The van der Waals surface area contributed by atoms with E-state index < -0.39 is 0 Å². The van der Waals surface area contributed by atoms with Gasteiger partial charge < -0.3 is 15.2 Å². The van der Waals surface area contributed by atoms with Gasteiger partial charge in [0.1, 0.15) is 11.8 Å². The third-order valence-electron chi connectivity index (χ3n) is 4.04. The van der Waals surface area contributed by atoms with Crippen LogP contribution < -0.4 is 10.6 Å². The fourth-order valence-electron chi connectivity index (χ4n) is 2.88. The van der Waals surface area contributed by atoms with Gasteiger partial charge >= 0.3 is 0 Å². The smallest absolute Gasteiger partial charge is 0.247 e. The van der Waals surface area contributed by atoms with Gasteiger partial charge in [0, 0.05) is 11.8 Å². The largest absolute Gasteiger partial charge is 0.374 e. The van der Waals surface area contributed by atoms with Crippen LogP contribution in [0.1, 0.15) is 36.7 Å². The molecule has 2 aromatic rings. The highest BCUT2D eigenvalue weighted by molar-refractivity contribution is 5.95. The third-order valence-corrected chi connectivity index (χ3v) is 4.04. The van der Waals surface area contributed by atoms with Crippen LogP contribution in [0.2, 0.25) is 0 Å². The molecule has 0 radical (unpaired) electrons. The van der Waals surface area contributed by atoms with Crippen molar-refractivity contribution in [2.75, 3.05) is 10.6 Å². The Balaban J connectivity index is 1.68. The van der Waals surface area contributed by atoms with Gasteiger partial charge in [0.05, 0.1) is 0 Å². The van der Waals surface area contributed by atoms with E-state index in [1.165, 1.54) is 24.0 Å². The number of amides is 1. The number of hydrogen-bond acceptors (Lipinski definition) is 4. The van der Waals surface area contributed by atoms with Crippen LogP contribution in [0.3, 0.4) is 0 Å². The van der Waals surface area contributed by atoms with Gasteiger partial charge in [-0.15, -0.1) is 0 Å². The van der Waals surface area contributed by atoms with Gasteiger partial charge in [-0.1, -0.05) is 17.3 Å². The lowest BCUT2D eigenvalue weighted by molar-refractivity contribution is -0.116. The molecule has 22 heavy (non-hydrogen) atoms. The first-order valence-corrected chi connectivity index (χ1v) is 7.75. The van der Waals surface area contributed by atoms with Crippen molar-refractivity contribution in [3.8, 4) is 0 Å². The number of rotatable bonds is 4. The Morgan fingerprint density at radius 1 is 1.32 bits per heavy atom. The molecule has 1 amide bonds. The van der Waals surface area contributed by atoms with Gasteiger partial charge in [-0.25, -0.2) is 0 Å². The van der Waals surface area contributed by atoms with Gasteiger partial charge in [0.2, 0.25) is 5.91 Å². The highest BCUT2D eigenvalue weighted by Crippen LogP contribution is 2.28. The lowest BCUT2D eigenvalue weighted by Gasteiger charge is -2.22. The fourth-order valence-corrected chi connectivity index (χ4v) is 2.88. The van der Waals surface area contributed by atoms with E-state index in [2.05, 4.69) is 27.9 Å². The molecule has 2 N–H and O–H groups in total. The maximum absolute atomic E-state index is 12.2. The van der Waals surface area contributed by atoms with E-state index in [0.717, 1.165) is 18.5 Å². The van der Waals surface area contributed by atoms with Crippen molar-refractivity contribution >= 4 is 17.4 Å². The zero-order valence-corrected chi connectivity index (χ0v) is 13.0. The van der Waals surface area contributed by atoms with Crippen molar-refractivity contribution in [1.82, 2.24) is 5.16 Å². The zero-order valence-electron chi connectivity index (χ0n) is 13.0. The van der Waals surface area contributed by atoms with Crippen molar-refractivity contribution in [3.63, 3.8) is 0 Å². The summed E-state index contributed by atoms with van der Waals surface area (Å²) < 4.78 is 4.95. The molecule has 5 heteroatoms. The first kappa shape index (κ1) is 14.6. The first-order chi connectivity index (χ1) is 10.6. The van der Waals surface area contributed by atoms with Gasteiger partial charge in [0.25, 0.3) is 0 Å². The molecule has 5 nitrogen and oxygen atoms in total. The summed E-state index contributed by atoms with van der Waals surface area (Å²) in [7, 11) is 0.